The van der Waals surface area contributed by atoms with Crippen LogP contribution in [0.3, 0.4) is 0 Å². The van der Waals surface area contributed by atoms with Gasteiger partial charge in [-0.25, -0.2) is 0 Å². The van der Waals surface area contributed by atoms with E-state index in [4.69, 9.17) is 9.47 Å². The lowest BCUT2D eigenvalue weighted by Crippen LogP contribution is -2.35. The molecule has 0 fully saturated rings. The third kappa shape index (κ3) is 3.87. The van der Waals surface area contributed by atoms with Crippen LogP contribution in [-0.2, 0) is 0 Å². The van der Waals surface area contributed by atoms with Gasteiger partial charge in [0.15, 0.2) is 0 Å². The second-order valence-electron chi connectivity index (χ2n) is 5.75. The molecule has 0 amide bonds. The molecule has 0 bridgehead atoms. The fourth-order valence-corrected chi connectivity index (χ4v) is 2.55. The number of benzene rings is 1. The molecule has 2 atom stereocenters. The van der Waals surface area contributed by atoms with Crippen molar-refractivity contribution in [2.45, 2.75) is 31.8 Å². The van der Waals surface area contributed by atoms with Crippen LogP contribution in [0.2, 0.25) is 0 Å². The van der Waals surface area contributed by atoms with Gasteiger partial charge in [-0.3, -0.25) is 0 Å². The predicted octanol–water partition coefficient (Wildman–Crippen LogP) is 2.45. The van der Waals surface area contributed by atoms with Crippen molar-refractivity contribution in [2.24, 2.45) is 0 Å². The summed E-state index contributed by atoms with van der Waals surface area (Å²) >= 11 is 0. The summed E-state index contributed by atoms with van der Waals surface area (Å²) in [6, 6.07) is 6.89. The molecule has 4 nitrogen and oxygen atoms in total. The number of hydrogen-bond donors (Lipinski definition) is 1. The summed E-state index contributed by atoms with van der Waals surface area (Å²) < 4.78 is 11.1. The summed E-state index contributed by atoms with van der Waals surface area (Å²) in [7, 11) is 5.93. The van der Waals surface area contributed by atoms with E-state index in [0.717, 1.165) is 37.5 Å². The summed E-state index contributed by atoms with van der Waals surface area (Å²) in [6.45, 7) is 4.12. The zero-order chi connectivity index (χ0) is 14.5. The number of nitrogens with one attached hydrogen (secondary N) is 1. The summed E-state index contributed by atoms with van der Waals surface area (Å²) in [5.74, 6) is 1.87. The molecule has 0 aliphatic carbocycles. The molecule has 20 heavy (non-hydrogen) atoms. The average molecular weight is 278 g/mol. The van der Waals surface area contributed by atoms with Gasteiger partial charge < -0.3 is 19.7 Å². The maximum Gasteiger partial charge on any atom is 0.124 e. The number of rotatable bonds is 6. The standard InChI is InChI=1S/C16H26N2O2/c1-12(7-9-18(2)3)17-15-8-10-20-16-6-5-13(19-4)11-14(15)16/h5-6,11-12,15,17H,7-10H2,1-4H3. The van der Waals surface area contributed by atoms with E-state index in [1.807, 2.05) is 12.1 Å². The van der Waals surface area contributed by atoms with Crippen LogP contribution >= 0.6 is 0 Å². The molecule has 1 N–H and O–H groups in total. The minimum absolute atomic E-state index is 0.353. The second kappa shape index (κ2) is 6.95. The molecule has 0 saturated carbocycles. The molecular formula is C16H26N2O2. The molecule has 2 unspecified atom stereocenters. The van der Waals surface area contributed by atoms with E-state index in [1.54, 1.807) is 7.11 Å². The van der Waals surface area contributed by atoms with Gasteiger partial charge in [0, 0.05) is 24.1 Å². The van der Waals surface area contributed by atoms with E-state index >= 15 is 0 Å². The van der Waals surface area contributed by atoms with Crippen LogP contribution in [0.15, 0.2) is 18.2 Å². The van der Waals surface area contributed by atoms with E-state index in [1.165, 1.54) is 5.56 Å². The third-order valence-corrected chi connectivity index (χ3v) is 3.75. The Bertz CT molecular complexity index is 434. The lowest BCUT2D eigenvalue weighted by atomic mass is 9.99. The first-order valence-electron chi connectivity index (χ1n) is 7.31. The highest BCUT2D eigenvalue weighted by atomic mass is 16.5. The van der Waals surface area contributed by atoms with E-state index in [2.05, 4.69) is 37.3 Å². The normalized spacial score (nSPS) is 19.4. The zero-order valence-corrected chi connectivity index (χ0v) is 13.0. The van der Waals surface area contributed by atoms with Crippen molar-refractivity contribution < 1.29 is 9.47 Å². The van der Waals surface area contributed by atoms with Gasteiger partial charge >= 0.3 is 0 Å². The van der Waals surface area contributed by atoms with Gasteiger partial charge in [0.1, 0.15) is 11.5 Å². The van der Waals surface area contributed by atoms with Crippen LogP contribution in [0.4, 0.5) is 0 Å². The molecule has 0 spiro atoms. The number of ether oxygens (including phenoxy) is 2. The highest BCUT2D eigenvalue weighted by molar-refractivity contribution is 5.43. The van der Waals surface area contributed by atoms with Crippen molar-refractivity contribution in [3.63, 3.8) is 0 Å². The van der Waals surface area contributed by atoms with E-state index in [0.29, 0.717) is 12.1 Å². The zero-order valence-electron chi connectivity index (χ0n) is 13.0. The lowest BCUT2D eigenvalue weighted by molar-refractivity contribution is 0.240. The Hall–Kier alpha value is -1.26. The van der Waals surface area contributed by atoms with E-state index in [-0.39, 0.29) is 0 Å². The first-order valence-corrected chi connectivity index (χ1v) is 7.31. The summed E-state index contributed by atoms with van der Waals surface area (Å²) in [4.78, 5) is 2.22. The molecule has 1 aromatic rings. The van der Waals surface area contributed by atoms with Crippen LogP contribution in [0, 0.1) is 0 Å². The highest BCUT2D eigenvalue weighted by Crippen LogP contribution is 2.35. The van der Waals surface area contributed by atoms with Crippen molar-refractivity contribution >= 4 is 0 Å². The SMILES string of the molecule is COc1ccc2c(c1)C(NC(C)CCN(C)C)CCO2. The summed E-state index contributed by atoms with van der Waals surface area (Å²) in [5.41, 5.74) is 1.22. The topological polar surface area (TPSA) is 33.7 Å². The fourth-order valence-electron chi connectivity index (χ4n) is 2.55. The van der Waals surface area contributed by atoms with Crippen LogP contribution in [0.1, 0.15) is 31.4 Å². The fraction of sp³-hybridized carbons (Fsp3) is 0.625. The number of methoxy groups -OCH3 is 1. The second-order valence-corrected chi connectivity index (χ2v) is 5.75. The summed E-state index contributed by atoms with van der Waals surface area (Å²) in [5, 5.41) is 3.72. The Morgan fingerprint density at radius 1 is 1.45 bits per heavy atom. The minimum Gasteiger partial charge on any atom is -0.497 e. The van der Waals surface area contributed by atoms with E-state index in [9.17, 15) is 0 Å². The Kier molecular flexibility index (Phi) is 5.26. The quantitative estimate of drug-likeness (QED) is 0.866. The van der Waals surface area contributed by atoms with Gasteiger partial charge in [0.25, 0.3) is 0 Å². The first-order chi connectivity index (χ1) is 9.60. The maximum atomic E-state index is 5.73. The van der Waals surface area contributed by atoms with Gasteiger partial charge in [-0.05, 0) is 52.2 Å². The molecule has 1 heterocycles. The van der Waals surface area contributed by atoms with Crippen molar-refractivity contribution in [2.75, 3.05) is 34.4 Å². The van der Waals surface area contributed by atoms with Crippen molar-refractivity contribution in [3.8, 4) is 11.5 Å². The average Bonchev–Trinajstić information content (AvgIpc) is 2.45. The predicted molar refractivity (Wildman–Crippen MR) is 81.6 cm³/mol. The number of fused-ring (bicyclic) bond motifs is 1. The van der Waals surface area contributed by atoms with Crippen molar-refractivity contribution in [1.82, 2.24) is 10.2 Å². The van der Waals surface area contributed by atoms with Gasteiger partial charge in [0.05, 0.1) is 13.7 Å². The van der Waals surface area contributed by atoms with Crippen LogP contribution < -0.4 is 14.8 Å². The smallest absolute Gasteiger partial charge is 0.124 e. The Balaban J connectivity index is 2.03. The third-order valence-electron chi connectivity index (χ3n) is 3.75. The van der Waals surface area contributed by atoms with E-state index < -0.39 is 0 Å². The van der Waals surface area contributed by atoms with Crippen molar-refractivity contribution in [3.05, 3.63) is 23.8 Å². The summed E-state index contributed by atoms with van der Waals surface area (Å²) in [6.07, 6.45) is 2.15. The van der Waals surface area contributed by atoms with Crippen molar-refractivity contribution in [1.29, 1.82) is 0 Å². The Morgan fingerprint density at radius 2 is 2.25 bits per heavy atom. The highest BCUT2D eigenvalue weighted by Gasteiger charge is 2.23. The molecule has 0 aromatic heterocycles. The van der Waals surface area contributed by atoms with Crippen LogP contribution in [0.25, 0.3) is 0 Å². The Morgan fingerprint density at radius 3 is 2.95 bits per heavy atom. The molecule has 2 rings (SSSR count). The molecule has 1 aliphatic heterocycles. The molecule has 112 valence electrons. The molecular weight excluding hydrogens is 252 g/mol. The maximum absolute atomic E-state index is 5.73. The van der Waals surface area contributed by atoms with Gasteiger partial charge in [-0.1, -0.05) is 0 Å². The largest absolute Gasteiger partial charge is 0.497 e. The molecule has 0 saturated heterocycles. The molecule has 0 radical (unpaired) electrons. The molecule has 1 aliphatic rings. The van der Waals surface area contributed by atoms with Crippen LogP contribution in [0.5, 0.6) is 11.5 Å². The van der Waals surface area contributed by atoms with Gasteiger partial charge in [-0.2, -0.15) is 0 Å². The monoisotopic (exact) mass is 278 g/mol. The van der Waals surface area contributed by atoms with Gasteiger partial charge in [0.2, 0.25) is 0 Å². The number of hydrogen-bond acceptors (Lipinski definition) is 4. The first kappa shape index (κ1) is 15.1. The lowest BCUT2D eigenvalue weighted by Gasteiger charge is -2.30. The Labute approximate surface area is 122 Å². The number of nitrogens with zero attached hydrogens (tertiary/aromatic N) is 1. The molecule has 4 heteroatoms. The minimum atomic E-state index is 0.353. The van der Waals surface area contributed by atoms with Gasteiger partial charge in [-0.15, -0.1) is 0 Å². The molecule has 1 aromatic carbocycles. The van der Waals surface area contributed by atoms with Crippen LogP contribution in [-0.4, -0.2) is 45.3 Å².